The SMILES string of the molecule is CC(C)C(O)CNCC1CCC2(CCCCC2)O1. The Morgan fingerprint density at radius 3 is 2.61 bits per heavy atom. The first-order valence-electron chi connectivity index (χ1n) is 7.68. The molecule has 1 aliphatic heterocycles. The molecule has 2 fully saturated rings. The minimum absolute atomic E-state index is 0.223. The highest BCUT2D eigenvalue weighted by Gasteiger charge is 2.40. The first-order chi connectivity index (χ1) is 8.61. The van der Waals surface area contributed by atoms with Crippen LogP contribution in [0.15, 0.2) is 0 Å². The third-order valence-electron chi connectivity index (χ3n) is 4.60. The molecule has 1 spiro atoms. The van der Waals surface area contributed by atoms with Gasteiger partial charge in [-0.15, -0.1) is 0 Å². The van der Waals surface area contributed by atoms with E-state index in [1.54, 1.807) is 0 Å². The van der Waals surface area contributed by atoms with Gasteiger partial charge >= 0.3 is 0 Å². The Labute approximate surface area is 111 Å². The molecular formula is C15H29NO2. The van der Waals surface area contributed by atoms with Crippen LogP contribution >= 0.6 is 0 Å². The van der Waals surface area contributed by atoms with E-state index >= 15 is 0 Å². The molecule has 2 rings (SSSR count). The van der Waals surface area contributed by atoms with Gasteiger partial charge in [-0.05, 0) is 31.6 Å². The Bertz CT molecular complexity index is 249. The summed E-state index contributed by atoms with van der Waals surface area (Å²) >= 11 is 0. The second-order valence-electron chi connectivity index (χ2n) is 6.49. The van der Waals surface area contributed by atoms with Crippen LogP contribution in [0.4, 0.5) is 0 Å². The lowest BCUT2D eigenvalue weighted by molar-refractivity contribution is -0.0629. The van der Waals surface area contributed by atoms with E-state index in [0.717, 1.165) is 6.54 Å². The van der Waals surface area contributed by atoms with Gasteiger partial charge < -0.3 is 15.2 Å². The van der Waals surface area contributed by atoms with Gasteiger partial charge in [-0.2, -0.15) is 0 Å². The van der Waals surface area contributed by atoms with E-state index in [2.05, 4.69) is 19.2 Å². The van der Waals surface area contributed by atoms with Crippen LogP contribution in [0.25, 0.3) is 0 Å². The van der Waals surface area contributed by atoms with Crippen molar-refractivity contribution >= 4 is 0 Å². The first kappa shape index (κ1) is 14.3. The van der Waals surface area contributed by atoms with E-state index in [0.29, 0.717) is 18.6 Å². The molecule has 2 atom stereocenters. The van der Waals surface area contributed by atoms with E-state index < -0.39 is 0 Å². The standard InChI is InChI=1S/C15H29NO2/c1-12(2)14(17)11-16-10-13-6-9-15(18-13)7-4-3-5-8-15/h12-14,16-17H,3-11H2,1-2H3. The highest BCUT2D eigenvalue weighted by molar-refractivity contribution is 4.91. The predicted octanol–water partition coefficient (Wildman–Crippen LogP) is 2.47. The van der Waals surface area contributed by atoms with Crippen molar-refractivity contribution in [1.82, 2.24) is 5.32 Å². The van der Waals surface area contributed by atoms with Gasteiger partial charge in [0.2, 0.25) is 0 Å². The maximum atomic E-state index is 9.74. The molecule has 0 aromatic rings. The third-order valence-corrected chi connectivity index (χ3v) is 4.60. The molecule has 0 bridgehead atoms. The summed E-state index contributed by atoms with van der Waals surface area (Å²) in [6.45, 7) is 5.68. The van der Waals surface area contributed by atoms with Crippen LogP contribution in [-0.4, -0.2) is 36.0 Å². The molecule has 3 heteroatoms. The molecule has 0 radical (unpaired) electrons. The number of rotatable bonds is 5. The lowest BCUT2D eigenvalue weighted by Crippen LogP contribution is -2.37. The van der Waals surface area contributed by atoms with Crippen molar-refractivity contribution in [3.05, 3.63) is 0 Å². The summed E-state index contributed by atoms with van der Waals surface area (Å²) in [5.41, 5.74) is 0.223. The summed E-state index contributed by atoms with van der Waals surface area (Å²) in [5.74, 6) is 0.326. The minimum Gasteiger partial charge on any atom is -0.392 e. The van der Waals surface area contributed by atoms with E-state index in [4.69, 9.17) is 4.74 Å². The maximum Gasteiger partial charge on any atom is 0.0708 e. The average Bonchev–Trinajstić information content (AvgIpc) is 2.73. The van der Waals surface area contributed by atoms with Crippen LogP contribution < -0.4 is 5.32 Å². The lowest BCUT2D eigenvalue weighted by atomic mass is 9.83. The van der Waals surface area contributed by atoms with E-state index in [9.17, 15) is 5.11 Å². The summed E-state index contributed by atoms with van der Waals surface area (Å²) in [6.07, 6.45) is 9.14. The second-order valence-corrected chi connectivity index (χ2v) is 6.49. The van der Waals surface area contributed by atoms with Crippen molar-refractivity contribution in [2.45, 2.75) is 76.6 Å². The Balaban J connectivity index is 1.66. The van der Waals surface area contributed by atoms with Crippen LogP contribution in [0.3, 0.4) is 0 Å². The largest absolute Gasteiger partial charge is 0.392 e. The molecule has 1 aliphatic carbocycles. The quantitative estimate of drug-likeness (QED) is 0.793. The molecule has 2 N–H and O–H groups in total. The van der Waals surface area contributed by atoms with Gasteiger partial charge in [0.25, 0.3) is 0 Å². The van der Waals surface area contributed by atoms with Crippen LogP contribution in [0.1, 0.15) is 58.8 Å². The smallest absolute Gasteiger partial charge is 0.0708 e. The summed E-state index contributed by atoms with van der Waals surface area (Å²) in [6, 6.07) is 0. The maximum absolute atomic E-state index is 9.74. The number of aliphatic hydroxyl groups is 1. The van der Waals surface area contributed by atoms with Gasteiger partial charge in [0.05, 0.1) is 17.8 Å². The van der Waals surface area contributed by atoms with Crippen LogP contribution in [0, 0.1) is 5.92 Å². The number of ether oxygens (including phenoxy) is 1. The molecule has 2 aliphatic rings. The highest BCUT2D eigenvalue weighted by atomic mass is 16.5. The highest BCUT2D eigenvalue weighted by Crippen LogP contribution is 2.41. The molecule has 1 heterocycles. The topological polar surface area (TPSA) is 41.5 Å². The Kier molecular flexibility index (Phi) is 5.05. The predicted molar refractivity (Wildman–Crippen MR) is 73.6 cm³/mol. The monoisotopic (exact) mass is 255 g/mol. The van der Waals surface area contributed by atoms with Crippen LogP contribution in [-0.2, 0) is 4.74 Å². The molecule has 2 unspecified atom stereocenters. The summed E-state index contributed by atoms with van der Waals surface area (Å²) < 4.78 is 6.29. The third kappa shape index (κ3) is 3.69. The van der Waals surface area contributed by atoms with Crippen molar-refractivity contribution in [1.29, 1.82) is 0 Å². The fraction of sp³-hybridized carbons (Fsp3) is 1.00. The van der Waals surface area contributed by atoms with Crippen LogP contribution in [0.2, 0.25) is 0 Å². The van der Waals surface area contributed by atoms with Crippen LogP contribution in [0.5, 0.6) is 0 Å². The van der Waals surface area contributed by atoms with E-state index in [-0.39, 0.29) is 11.7 Å². The zero-order valence-electron chi connectivity index (χ0n) is 12.0. The van der Waals surface area contributed by atoms with Gasteiger partial charge in [0.1, 0.15) is 0 Å². The molecular weight excluding hydrogens is 226 g/mol. The Hall–Kier alpha value is -0.120. The molecule has 1 saturated carbocycles. The van der Waals surface area contributed by atoms with Crippen molar-refractivity contribution in [3.63, 3.8) is 0 Å². The molecule has 106 valence electrons. The van der Waals surface area contributed by atoms with E-state index in [1.807, 2.05) is 0 Å². The van der Waals surface area contributed by atoms with Gasteiger partial charge in [-0.25, -0.2) is 0 Å². The number of hydrogen-bond acceptors (Lipinski definition) is 3. The normalized spacial score (nSPS) is 29.0. The molecule has 18 heavy (non-hydrogen) atoms. The zero-order valence-corrected chi connectivity index (χ0v) is 12.0. The molecule has 0 aromatic carbocycles. The zero-order chi connectivity index (χ0) is 13.0. The van der Waals surface area contributed by atoms with Crippen molar-refractivity contribution in [3.8, 4) is 0 Å². The van der Waals surface area contributed by atoms with Gasteiger partial charge in [-0.3, -0.25) is 0 Å². The summed E-state index contributed by atoms with van der Waals surface area (Å²) in [5, 5.41) is 13.1. The molecule has 3 nitrogen and oxygen atoms in total. The number of aliphatic hydroxyl groups excluding tert-OH is 1. The average molecular weight is 255 g/mol. The fourth-order valence-corrected chi connectivity index (χ4v) is 3.23. The van der Waals surface area contributed by atoms with Gasteiger partial charge in [-0.1, -0.05) is 33.1 Å². The van der Waals surface area contributed by atoms with Crippen molar-refractivity contribution in [2.75, 3.05) is 13.1 Å². The Morgan fingerprint density at radius 1 is 1.22 bits per heavy atom. The van der Waals surface area contributed by atoms with Gasteiger partial charge in [0.15, 0.2) is 0 Å². The molecule has 0 amide bonds. The molecule has 1 saturated heterocycles. The van der Waals surface area contributed by atoms with E-state index in [1.165, 1.54) is 44.9 Å². The molecule has 0 aromatic heterocycles. The van der Waals surface area contributed by atoms with Gasteiger partial charge in [0, 0.05) is 13.1 Å². The van der Waals surface area contributed by atoms with Crippen molar-refractivity contribution in [2.24, 2.45) is 5.92 Å². The summed E-state index contributed by atoms with van der Waals surface area (Å²) in [7, 11) is 0. The minimum atomic E-state index is -0.241. The Morgan fingerprint density at radius 2 is 1.94 bits per heavy atom. The van der Waals surface area contributed by atoms with Crippen molar-refractivity contribution < 1.29 is 9.84 Å². The summed E-state index contributed by atoms with van der Waals surface area (Å²) in [4.78, 5) is 0. The first-order valence-corrected chi connectivity index (χ1v) is 7.68. The number of hydrogen-bond donors (Lipinski definition) is 2. The fourth-order valence-electron chi connectivity index (χ4n) is 3.23. The lowest BCUT2D eigenvalue weighted by Gasteiger charge is -2.33. The number of nitrogens with one attached hydrogen (secondary N) is 1. The second kappa shape index (κ2) is 6.36.